The lowest BCUT2D eigenvalue weighted by molar-refractivity contribution is 0.0697. The molecule has 0 unspecified atom stereocenters. The topological polar surface area (TPSA) is 67.1 Å². The Morgan fingerprint density at radius 2 is 2.13 bits per heavy atom. The number of benzene rings is 1. The maximum atomic E-state index is 11.3. The summed E-state index contributed by atoms with van der Waals surface area (Å²) in [6.07, 6.45) is 7.13. The summed E-state index contributed by atoms with van der Waals surface area (Å²) in [5.74, 6) is 0.733. The summed E-state index contributed by atoms with van der Waals surface area (Å²) in [6.45, 7) is 0.946. The highest BCUT2D eigenvalue weighted by Crippen LogP contribution is 2.41. The van der Waals surface area contributed by atoms with Gasteiger partial charge in [-0.05, 0) is 50.3 Å². The first-order valence-corrected chi connectivity index (χ1v) is 8.43. The number of hydrogen-bond acceptors (Lipinski definition) is 3. The number of anilines is 1. The minimum absolute atomic E-state index is 0.297. The number of aromatic carboxylic acids is 1. The van der Waals surface area contributed by atoms with Crippen LogP contribution in [0, 0.1) is 0 Å². The van der Waals surface area contributed by atoms with Gasteiger partial charge in [-0.15, -0.1) is 0 Å². The minimum Gasteiger partial charge on any atom is -0.478 e. The zero-order chi connectivity index (χ0) is 15.8. The Balaban J connectivity index is 1.83. The van der Waals surface area contributed by atoms with Crippen molar-refractivity contribution >= 4 is 11.8 Å². The first-order valence-electron chi connectivity index (χ1n) is 8.43. The third kappa shape index (κ3) is 2.50. The molecule has 23 heavy (non-hydrogen) atoms. The largest absolute Gasteiger partial charge is 0.478 e. The molecule has 1 aromatic heterocycles. The van der Waals surface area contributed by atoms with E-state index in [1.54, 1.807) is 18.2 Å². The molecular weight excluding hydrogens is 290 g/mol. The average molecular weight is 311 g/mol. The third-order valence-electron chi connectivity index (χ3n) is 4.99. The summed E-state index contributed by atoms with van der Waals surface area (Å²) in [5, 5.41) is 17.6. The molecule has 1 aliphatic heterocycles. The van der Waals surface area contributed by atoms with Gasteiger partial charge in [0.25, 0.3) is 0 Å². The van der Waals surface area contributed by atoms with Gasteiger partial charge in [-0.2, -0.15) is 5.10 Å². The Hall–Kier alpha value is -2.30. The van der Waals surface area contributed by atoms with E-state index in [1.165, 1.54) is 36.9 Å². The van der Waals surface area contributed by atoms with Gasteiger partial charge in [-0.1, -0.05) is 12.5 Å². The second-order valence-corrected chi connectivity index (χ2v) is 6.49. The second-order valence-electron chi connectivity index (χ2n) is 6.49. The molecule has 2 aliphatic rings. The fourth-order valence-corrected chi connectivity index (χ4v) is 3.50. The lowest BCUT2D eigenvalue weighted by Crippen LogP contribution is -2.12. The SMILES string of the molecule is O=C(O)c1cccc(-n2nc(C3CCC3)c3c2NCCCC3)c1. The zero-order valence-corrected chi connectivity index (χ0v) is 13.1. The van der Waals surface area contributed by atoms with Crippen molar-refractivity contribution in [2.45, 2.75) is 44.4 Å². The molecule has 120 valence electrons. The number of aromatic nitrogens is 2. The molecule has 0 spiro atoms. The van der Waals surface area contributed by atoms with Crippen molar-refractivity contribution in [3.05, 3.63) is 41.1 Å². The Morgan fingerprint density at radius 3 is 2.87 bits per heavy atom. The molecule has 2 N–H and O–H groups in total. The predicted octanol–water partition coefficient (Wildman–Crippen LogP) is 3.59. The highest BCUT2D eigenvalue weighted by molar-refractivity contribution is 5.88. The molecule has 2 heterocycles. The molecule has 2 aromatic rings. The van der Waals surface area contributed by atoms with Gasteiger partial charge >= 0.3 is 5.97 Å². The van der Waals surface area contributed by atoms with Crippen molar-refractivity contribution in [3.8, 4) is 5.69 Å². The van der Waals surface area contributed by atoms with Crippen molar-refractivity contribution in [2.75, 3.05) is 11.9 Å². The van der Waals surface area contributed by atoms with Crippen LogP contribution in [0.3, 0.4) is 0 Å². The third-order valence-corrected chi connectivity index (χ3v) is 4.99. The summed E-state index contributed by atoms with van der Waals surface area (Å²) >= 11 is 0. The number of nitrogens with one attached hydrogen (secondary N) is 1. The highest BCUT2D eigenvalue weighted by atomic mass is 16.4. The van der Waals surface area contributed by atoms with Crippen LogP contribution >= 0.6 is 0 Å². The molecule has 5 heteroatoms. The number of nitrogens with zero attached hydrogens (tertiary/aromatic N) is 2. The van der Waals surface area contributed by atoms with Crippen LogP contribution in [-0.2, 0) is 6.42 Å². The van der Waals surface area contributed by atoms with Crippen LogP contribution < -0.4 is 5.32 Å². The molecule has 1 aromatic carbocycles. The van der Waals surface area contributed by atoms with Gasteiger partial charge in [-0.25, -0.2) is 9.48 Å². The first kappa shape index (κ1) is 14.3. The maximum Gasteiger partial charge on any atom is 0.335 e. The van der Waals surface area contributed by atoms with E-state index in [-0.39, 0.29) is 0 Å². The molecule has 4 rings (SSSR count). The van der Waals surface area contributed by atoms with Gasteiger partial charge < -0.3 is 10.4 Å². The van der Waals surface area contributed by atoms with Crippen LogP contribution in [0.5, 0.6) is 0 Å². The molecule has 0 atom stereocenters. The van der Waals surface area contributed by atoms with Crippen molar-refractivity contribution in [2.24, 2.45) is 0 Å². The number of carboxylic acid groups (broad SMARTS) is 1. The van der Waals surface area contributed by atoms with Gasteiger partial charge in [0.15, 0.2) is 0 Å². The molecule has 0 amide bonds. The Bertz CT molecular complexity index is 747. The van der Waals surface area contributed by atoms with Crippen molar-refractivity contribution in [1.82, 2.24) is 9.78 Å². The normalized spacial score (nSPS) is 17.7. The fourth-order valence-electron chi connectivity index (χ4n) is 3.50. The zero-order valence-electron chi connectivity index (χ0n) is 13.1. The molecule has 0 bridgehead atoms. The van der Waals surface area contributed by atoms with Crippen LogP contribution in [-0.4, -0.2) is 27.4 Å². The number of hydrogen-bond donors (Lipinski definition) is 2. The molecule has 1 saturated carbocycles. The number of rotatable bonds is 3. The van der Waals surface area contributed by atoms with Crippen molar-refractivity contribution in [1.29, 1.82) is 0 Å². The molecular formula is C18H21N3O2. The number of carbonyl (C=O) groups is 1. The van der Waals surface area contributed by atoms with E-state index in [9.17, 15) is 9.90 Å². The predicted molar refractivity (Wildman–Crippen MR) is 88.5 cm³/mol. The van der Waals surface area contributed by atoms with Crippen molar-refractivity contribution < 1.29 is 9.90 Å². The van der Waals surface area contributed by atoms with E-state index in [4.69, 9.17) is 5.10 Å². The van der Waals surface area contributed by atoms with E-state index < -0.39 is 5.97 Å². The van der Waals surface area contributed by atoms with Crippen LogP contribution in [0.1, 0.15) is 59.6 Å². The monoisotopic (exact) mass is 311 g/mol. The summed E-state index contributed by atoms with van der Waals surface area (Å²) in [6, 6.07) is 7.03. The molecule has 5 nitrogen and oxygen atoms in total. The first-order chi connectivity index (χ1) is 11.2. The summed E-state index contributed by atoms with van der Waals surface area (Å²) in [5.41, 5.74) is 3.68. The van der Waals surface area contributed by atoms with E-state index in [0.29, 0.717) is 11.5 Å². The van der Waals surface area contributed by atoms with Crippen LogP contribution in [0.4, 0.5) is 5.82 Å². The van der Waals surface area contributed by atoms with Gasteiger partial charge in [0.05, 0.1) is 16.9 Å². The van der Waals surface area contributed by atoms with Gasteiger partial charge in [0.1, 0.15) is 5.82 Å². The summed E-state index contributed by atoms with van der Waals surface area (Å²) in [7, 11) is 0. The highest BCUT2D eigenvalue weighted by Gasteiger charge is 2.29. The number of carboxylic acids is 1. The molecule has 1 aliphatic carbocycles. The van der Waals surface area contributed by atoms with Crippen LogP contribution in [0.2, 0.25) is 0 Å². The lowest BCUT2D eigenvalue weighted by Gasteiger charge is -2.24. The van der Waals surface area contributed by atoms with E-state index >= 15 is 0 Å². The van der Waals surface area contributed by atoms with E-state index in [1.807, 2.05) is 10.7 Å². The van der Waals surface area contributed by atoms with Crippen LogP contribution in [0.25, 0.3) is 5.69 Å². The van der Waals surface area contributed by atoms with E-state index in [2.05, 4.69) is 5.32 Å². The van der Waals surface area contributed by atoms with Gasteiger partial charge in [-0.3, -0.25) is 0 Å². The molecule has 0 radical (unpaired) electrons. The second kappa shape index (κ2) is 5.72. The summed E-state index contributed by atoms with van der Waals surface area (Å²) in [4.78, 5) is 11.3. The molecule has 1 fully saturated rings. The average Bonchev–Trinajstić information content (AvgIpc) is 2.70. The summed E-state index contributed by atoms with van der Waals surface area (Å²) < 4.78 is 1.92. The lowest BCUT2D eigenvalue weighted by atomic mass is 9.81. The maximum absolute atomic E-state index is 11.3. The minimum atomic E-state index is -0.905. The molecule has 0 saturated heterocycles. The van der Waals surface area contributed by atoms with Crippen molar-refractivity contribution in [3.63, 3.8) is 0 Å². The Morgan fingerprint density at radius 1 is 1.26 bits per heavy atom. The fraction of sp³-hybridized carbons (Fsp3) is 0.444. The number of fused-ring (bicyclic) bond motifs is 1. The van der Waals surface area contributed by atoms with Gasteiger partial charge in [0, 0.05) is 18.0 Å². The van der Waals surface area contributed by atoms with Gasteiger partial charge in [0.2, 0.25) is 0 Å². The smallest absolute Gasteiger partial charge is 0.335 e. The standard InChI is InChI=1S/C18H21N3O2/c22-18(23)13-7-4-8-14(11-13)21-17-15(9-1-2-10-19-17)16(20-21)12-5-3-6-12/h4,7-8,11-12,19H,1-3,5-6,9-10H2,(H,22,23). The van der Waals surface area contributed by atoms with Crippen LogP contribution in [0.15, 0.2) is 24.3 Å². The quantitative estimate of drug-likeness (QED) is 0.909. The Kier molecular flexibility index (Phi) is 3.56. The Labute approximate surface area is 135 Å². The van der Waals surface area contributed by atoms with E-state index in [0.717, 1.165) is 30.9 Å².